The molecule has 0 bridgehead atoms. The van der Waals surface area contributed by atoms with E-state index in [-0.39, 0.29) is 9.79 Å². The van der Waals surface area contributed by atoms with Gasteiger partial charge in [-0.3, -0.25) is 0 Å². The van der Waals surface area contributed by atoms with E-state index >= 15 is 0 Å². The van der Waals surface area contributed by atoms with E-state index in [1.165, 1.54) is 19.3 Å². The molecular weight excluding hydrogens is 470 g/mol. The molecule has 0 aliphatic heterocycles. The van der Waals surface area contributed by atoms with Gasteiger partial charge in [-0.2, -0.15) is 0 Å². The van der Waals surface area contributed by atoms with Crippen LogP contribution in [0.3, 0.4) is 0 Å². The number of hydrogen-bond donors (Lipinski definition) is 2. The Hall–Kier alpha value is -1.68. The molecule has 0 spiro atoms. The van der Waals surface area contributed by atoms with Crippen LogP contribution in [0.4, 0.5) is 0 Å². The van der Waals surface area contributed by atoms with Gasteiger partial charge in [-0.05, 0) is 74.3 Å². The molecule has 0 saturated heterocycles. The molecule has 0 radical (unpaired) electrons. The number of aromatic nitrogens is 1. The van der Waals surface area contributed by atoms with Crippen LogP contribution in [-0.4, -0.2) is 26.9 Å². The Morgan fingerprint density at radius 2 is 1.59 bits per heavy atom. The minimum atomic E-state index is -3.87. The molecule has 1 aromatic carbocycles. The van der Waals surface area contributed by atoms with Crippen molar-refractivity contribution in [2.45, 2.75) is 101 Å². The highest BCUT2D eigenvalue weighted by molar-refractivity contribution is 7.89. The zero-order valence-corrected chi connectivity index (χ0v) is 22.8. The predicted molar refractivity (Wildman–Crippen MR) is 137 cm³/mol. The number of benzene rings is 1. The minimum absolute atomic E-state index is 0.0710. The monoisotopic (exact) mass is 509 g/mol. The Morgan fingerprint density at radius 1 is 0.971 bits per heavy atom. The summed E-state index contributed by atoms with van der Waals surface area (Å²) in [5, 5.41) is 5.46. The summed E-state index contributed by atoms with van der Waals surface area (Å²) in [6.07, 6.45) is 7.46. The van der Waals surface area contributed by atoms with Gasteiger partial charge in [-0.15, -0.1) is 0 Å². The van der Waals surface area contributed by atoms with Gasteiger partial charge in [0.15, 0.2) is 0 Å². The van der Waals surface area contributed by atoms with E-state index in [9.17, 15) is 16.8 Å². The Labute approximate surface area is 205 Å². The highest BCUT2D eigenvalue weighted by atomic mass is 32.2. The smallest absolute Gasteiger partial charge is 0.241 e. The maximum atomic E-state index is 13.2. The van der Waals surface area contributed by atoms with E-state index < -0.39 is 31.0 Å². The van der Waals surface area contributed by atoms with Gasteiger partial charge in [0.1, 0.15) is 4.90 Å². The van der Waals surface area contributed by atoms with E-state index in [1.807, 2.05) is 52.2 Å². The molecule has 0 atom stereocenters. The molecule has 190 valence electrons. The number of nitrogens with two attached hydrogens (primary N) is 1. The second-order valence-electron chi connectivity index (χ2n) is 11.6. The van der Waals surface area contributed by atoms with Crippen molar-refractivity contribution in [2.24, 2.45) is 11.1 Å². The van der Waals surface area contributed by atoms with Crippen LogP contribution in [0.1, 0.15) is 79.2 Å². The summed E-state index contributed by atoms with van der Waals surface area (Å²) in [6.45, 7) is 12.0. The summed E-state index contributed by atoms with van der Waals surface area (Å²) < 4.78 is 55.4. The first kappa shape index (κ1) is 26.9. The average molecular weight is 510 g/mol. The Morgan fingerprint density at radius 3 is 2.12 bits per heavy atom. The Kier molecular flexibility index (Phi) is 7.45. The van der Waals surface area contributed by atoms with Crippen LogP contribution in [0, 0.1) is 5.92 Å². The van der Waals surface area contributed by atoms with Crippen LogP contribution in [-0.2, 0) is 32.0 Å². The van der Waals surface area contributed by atoms with Gasteiger partial charge in [-0.1, -0.05) is 46.1 Å². The van der Waals surface area contributed by atoms with Crippen molar-refractivity contribution in [2.75, 3.05) is 0 Å². The van der Waals surface area contributed by atoms with Crippen LogP contribution < -0.4 is 9.86 Å². The van der Waals surface area contributed by atoms with E-state index in [0.717, 1.165) is 24.1 Å². The molecule has 7 nitrogen and oxygen atoms in total. The van der Waals surface area contributed by atoms with Gasteiger partial charge < -0.3 is 4.57 Å². The first-order valence-electron chi connectivity index (χ1n) is 11.9. The molecule has 1 aliphatic carbocycles. The molecule has 1 heterocycles. The molecule has 3 N–H and O–H groups in total. The average Bonchev–Trinajstić information content (AvgIpc) is 3.10. The summed E-state index contributed by atoms with van der Waals surface area (Å²) in [7, 11) is -7.62. The highest BCUT2D eigenvalue weighted by Crippen LogP contribution is 2.35. The molecule has 0 amide bonds. The predicted octanol–water partition coefficient (Wildman–Crippen LogP) is 4.76. The zero-order chi connectivity index (χ0) is 25.5. The highest BCUT2D eigenvalue weighted by Gasteiger charge is 2.30. The molecule has 1 fully saturated rings. The van der Waals surface area contributed by atoms with E-state index in [1.54, 1.807) is 24.4 Å². The lowest BCUT2D eigenvalue weighted by Gasteiger charge is -2.27. The SMILES string of the molecule is CC(C)(C)NS(=O)(=O)c1ccc(-c2cc(S(N)(=O)=O)cn2CC2CCCCC2)cc1C(C)(C)C. The fourth-order valence-electron chi connectivity index (χ4n) is 4.65. The second kappa shape index (κ2) is 9.41. The number of rotatable bonds is 6. The fraction of sp³-hybridized carbons (Fsp3) is 0.600. The maximum Gasteiger partial charge on any atom is 0.241 e. The second-order valence-corrected chi connectivity index (χ2v) is 14.8. The third-order valence-corrected chi connectivity index (χ3v) is 8.89. The van der Waals surface area contributed by atoms with Crippen molar-refractivity contribution >= 4 is 20.0 Å². The molecule has 1 aliphatic rings. The lowest BCUT2D eigenvalue weighted by atomic mass is 9.85. The molecule has 1 saturated carbocycles. The molecule has 9 heteroatoms. The largest absolute Gasteiger partial charge is 0.346 e. The van der Waals surface area contributed by atoms with Gasteiger partial charge >= 0.3 is 0 Å². The van der Waals surface area contributed by atoms with E-state index in [0.29, 0.717) is 18.0 Å². The zero-order valence-electron chi connectivity index (χ0n) is 21.2. The first-order valence-corrected chi connectivity index (χ1v) is 14.9. The molecular formula is C25H39N3O4S2. The van der Waals surface area contributed by atoms with Gasteiger partial charge in [0.2, 0.25) is 20.0 Å². The molecule has 1 aromatic heterocycles. The lowest BCUT2D eigenvalue weighted by Crippen LogP contribution is -2.41. The normalized spacial score (nSPS) is 16.7. The van der Waals surface area contributed by atoms with Gasteiger partial charge in [-0.25, -0.2) is 26.7 Å². The third-order valence-electron chi connectivity index (χ3n) is 6.19. The molecule has 0 unspecified atom stereocenters. The molecule has 3 rings (SSSR count). The lowest BCUT2D eigenvalue weighted by molar-refractivity contribution is 0.320. The Balaban J connectivity index is 2.14. The van der Waals surface area contributed by atoms with Crippen LogP contribution in [0.15, 0.2) is 40.3 Å². The maximum absolute atomic E-state index is 13.2. The van der Waals surface area contributed by atoms with Crippen LogP contribution >= 0.6 is 0 Å². The van der Waals surface area contributed by atoms with Crippen molar-refractivity contribution in [1.29, 1.82) is 0 Å². The van der Waals surface area contributed by atoms with E-state index in [4.69, 9.17) is 5.14 Å². The summed E-state index contributed by atoms with van der Waals surface area (Å²) in [6, 6.07) is 6.85. The van der Waals surface area contributed by atoms with Gasteiger partial charge in [0, 0.05) is 24.0 Å². The summed E-state index contributed by atoms with van der Waals surface area (Å²) in [5.41, 5.74) is 1.09. The molecule has 34 heavy (non-hydrogen) atoms. The number of sulfonamides is 2. The van der Waals surface area contributed by atoms with Gasteiger partial charge in [0.25, 0.3) is 0 Å². The first-order chi connectivity index (χ1) is 15.5. The van der Waals surface area contributed by atoms with Crippen LogP contribution in [0.25, 0.3) is 11.3 Å². The van der Waals surface area contributed by atoms with Crippen molar-refractivity contribution in [3.8, 4) is 11.3 Å². The molecule has 2 aromatic rings. The van der Waals surface area contributed by atoms with Crippen LogP contribution in [0.5, 0.6) is 0 Å². The Bertz CT molecular complexity index is 1240. The summed E-state index contributed by atoms with van der Waals surface area (Å²) in [5.74, 6) is 0.478. The fourth-order valence-corrected chi connectivity index (χ4v) is 7.02. The topological polar surface area (TPSA) is 111 Å². The summed E-state index contributed by atoms with van der Waals surface area (Å²) >= 11 is 0. The van der Waals surface area contributed by atoms with Gasteiger partial charge in [0.05, 0.1) is 4.90 Å². The minimum Gasteiger partial charge on any atom is -0.346 e. The van der Waals surface area contributed by atoms with E-state index in [2.05, 4.69) is 4.72 Å². The van der Waals surface area contributed by atoms with Crippen molar-refractivity contribution in [3.63, 3.8) is 0 Å². The number of nitrogens with zero attached hydrogens (tertiary/aromatic N) is 1. The quantitative estimate of drug-likeness (QED) is 0.585. The van der Waals surface area contributed by atoms with Crippen LogP contribution in [0.2, 0.25) is 0 Å². The number of hydrogen-bond acceptors (Lipinski definition) is 4. The number of nitrogens with one attached hydrogen (secondary N) is 1. The summed E-state index contributed by atoms with van der Waals surface area (Å²) in [4.78, 5) is 0.303. The van der Waals surface area contributed by atoms with Crippen molar-refractivity contribution < 1.29 is 16.8 Å². The van der Waals surface area contributed by atoms with Crippen molar-refractivity contribution in [1.82, 2.24) is 9.29 Å². The third kappa shape index (κ3) is 6.50. The standard InChI is InChI=1S/C25H39N3O4S2/c1-24(2,3)21-14-19(12-13-23(21)34(31,32)27-25(4,5)6)22-15-20(33(26,29)30)17-28(22)16-18-10-8-7-9-11-18/h12-15,17-18,27H,7-11,16H2,1-6H3,(H2,26,29,30). The van der Waals surface area contributed by atoms with Crippen molar-refractivity contribution in [3.05, 3.63) is 36.0 Å². The number of primary sulfonamides is 1.